The molecule has 5 rings (SSSR count). The minimum atomic E-state index is -3.42. The number of fused-ring (bicyclic) bond motifs is 2. The number of benzene rings is 1. The van der Waals surface area contributed by atoms with E-state index in [9.17, 15) is 18.0 Å². The first-order chi connectivity index (χ1) is 17.5. The number of carbonyl (C=O) groups excluding carboxylic acids is 2. The first-order valence-electron chi connectivity index (χ1n) is 12.1. The Hall–Kier alpha value is -2.51. The van der Waals surface area contributed by atoms with E-state index < -0.39 is 16.1 Å². The molecule has 10 nitrogen and oxygen atoms in total. The summed E-state index contributed by atoms with van der Waals surface area (Å²) in [4.78, 5) is 37.3. The van der Waals surface area contributed by atoms with E-state index >= 15 is 0 Å². The van der Waals surface area contributed by atoms with Crippen LogP contribution in [-0.2, 0) is 23.0 Å². The number of halogens is 1. The number of hydrogen-bond donors (Lipinski definition) is 4. The van der Waals surface area contributed by atoms with Crippen LogP contribution in [0, 0.1) is 0 Å². The predicted octanol–water partition coefficient (Wildman–Crippen LogP) is 2.26. The lowest BCUT2D eigenvalue weighted by Gasteiger charge is -2.36. The first kappa shape index (κ1) is 26.1. The van der Waals surface area contributed by atoms with Crippen LogP contribution in [0.4, 0.5) is 0 Å². The third-order valence-corrected chi connectivity index (χ3v) is 8.89. The van der Waals surface area contributed by atoms with Crippen molar-refractivity contribution in [2.75, 3.05) is 19.8 Å². The van der Waals surface area contributed by atoms with E-state index in [4.69, 9.17) is 11.6 Å². The van der Waals surface area contributed by atoms with E-state index in [1.165, 1.54) is 11.3 Å². The number of hydrogen-bond acceptors (Lipinski definition) is 7. The van der Waals surface area contributed by atoms with Crippen molar-refractivity contribution in [3.05, 3.63) is 50.6 Å². The quantitative estimate of drug-likeness (QED) is 0.362. The Morgan fingerprint density at radius 2 is 1.95 bits per heavy atom. The maximum Gasteiger partial charge on any atom is 0.280 e. The van der Waals surface area contributed by atoms with Crippen molar-refractivity contribution in [3.63, 3.8) is 0 Å². The molecule has 37 heavy (non-hydrogen) atoms. The summed E-state index contributed by atoms with van der Waals surface area (Å²) in [5.74, 6) is -0.620. The van der Waals surface area contributed by atoms with Gasteiger partial charge in [0.1, 0.15) is 5.69 Å². The molecule has 4 N–H and O–H groups in total. The second-order valence-corrected chi connectivity index (χ2v) is 13.2. The number of nitrogens with zero attached hydrogens (tertiary/aromatic N) is 2. The molecule has 0 saturated heterocycles. The van der Waals surface area contributed by atoms with Crippen LogP contribution in [0.2, 0.25) is 5.02 Å². The molecule has 13 heteroatoms. The number of carbonyl (C=O) groups is 2. The van der Waals surface area contributed by atoms with Gasteiger partial charge in [-0.1, -0.05) is 11.6 Å². The molecule has 1 unspecified atom stereocenters. The number of rotatable bonds is 6. The molecule has 3 atom stereocenters. The Labute approximate surface area is 224 Å². The zero-order chi connectivity index (χ0) is 26.3. The maximum absolute atomic E-state index is 13.2. The fraction of sp³-hybridized carbons (Fsp3) is 0.458. The van der Waals surface area contributed by atoms with E-state index in [0.717, 1.165) is 47.2 Å². The van der Waals surface area contributed by atoms with Gasteiger partial charge in [-0.15, -0.1) is 11.3 Å². The van der Waals surface area contributed by atoms with Crippen molar-refractivity contribution in [1.82, 2.24) is 30.2 Å². The molecule has 198 valence electrons. The average molecular weight is 565 g/mol. The van der Waals surface area contributed by atoms with Crippen molar-refractivity contribution >= 4 is 55.7 Å². The fourth-order valence-corrected chi connectivity index (χ4v) is 7.13. The third kappa shape index (κ3) is 6.15. The average Bonchev–Trinajstić information content (AvgIpc) is 3.43. The number of nitrogens with one attached hydrogen (secondary N) is 4. The van der Waals surface area contributed by atoms with Gasteiger partial charge in [0.15, 0.2) is 5.01 Å². The summed E-state index contributed by atoms with van der Waals surface area (Å²) in [7, 11) is -1.38. The molecular weight excluding hydrogens is 536 g/mol. The maximum atomic E-state index is 13.2. The van der Waals surface area contributed by atoms with Gasteiger partial charge in [0, 0.05) is 52.4 Å². The van der Waals surface area contributed by atoms with Crippen molar-refractivity contribution in [3.8, 4) is 0 Å². The van der Waals surface area contributed by atoms with Gasteiger partial charge in [0.2, 0.25) is 10.0 Å². The van der Waals surface area contributed by atoms with Crippen molar-refractivity contribution < 1.29 is 18.0 Å². The molecule has 0 radical (unpaired) electrons. The zero-order valence-corrected chi connectivity index (χ0v) is 22.9. The molecule has 0 bridgehead atoms. The van der Waals surface area contributed by atoms with Gasteiger partial charge in [-0.2, -0.15) is 0 Å². The van der Waals surface area contributed by atoms with Crippen LogP contribution in [0.25, 0.3) is 10.9 Å². The van der Waals surface area contributed by atoms with Crippen molar-refractivity contribution in [2.24, 2.45) is 0 Å². The second-order valence-electron chi connectivity index (χ2n) is 9.85. The van der Waals surface area contributed by atoms with Crippen LogP contribution in [0.3, 0.4) is 0 Å². The summed E-state index contributed by atoms with van der Waals surface area (Å²) in [6.07, 6.45) is 3.29. The standard InChI is InChI=1S/C24H29ClN6O4S2/c1-31-8-7-18-21(12-31)36-24(29-18)23(33)28-19-11-15(30-37(2,34)35)4-6-17(19)27-22(32)20-10-13-9-14(25)3-5-16(13)26-20/h3,5,9-10,15,17,19,26,30H,4,6-8,11-12H2,1-2H3,(H,27,32)(H,28,33)/t15?,17-,19+/m0/s1. The molecular formula is C24H29ClN6O4S2. The Balaban J connectivity index is 1.33. The van der Waals surface area contributed by atoms with Crippen molar-refractivity contribution in [1.29, 1.82) is 0 Å². The number of aromatic nitrogens is 2. The van der Waals surface area contributed by atoms with Crippen LogP contribution < -0.4 is 15.4 Å². The SMILES string of the molecule is CN1CCc2nc(C(=O)N[C@@H]3CC(NS(C)(=O)=O)CC[C@@H]3NC(=O)c3cc4cc(Cl)ccc4[nH]3)sc2C1. The van der Waals surface area contributed by atoms with Gasteiger partial charge in [-0.3, -0.25) is 9.59 Å². The van der Waals surface area contributed by atoms with Crippen LogP contribution in [0.5, 0.6) is 0 Å². The molecule has 2 aliphatic rings. The topological polar surface area (TPSA) is 136 Å². The minimum absolute atomic E-state index is 0.307. The Kier molecular flexibility index (Phi) is 7.29. The number of aromatic amines is 1. The van der Waals surface area contributed by atoms with E-state index in [1.807, 2.05) is 13.1 Å². The summed E-state index contributed by atoms with van der Waals surface area (Å²) in [6, 6.07) is 5.86. The number of sulfonamides is 1. The van der Waals surface area contributed by atoms with Gasteiger partial charge in [0.05, 0.1) is 18.0 Å². The molecule has 1 aliphatic heterocycles. The van der Waals surface area contributed by atoms with Crippen molar-refractivity contribution in [2.45, 2.75) is 50.4 Å². The second kappa shape index (κ2) is 10.3. The lowest BCUT2D eigenvalue weighted by molar-refractivity contribution is 0.0853. The normalized spacial score (nSPS) is 22.5. The van der Waals surface area contributed by atoms with Crippen LogP contribution in [-0.4, -0.2) is 73.1 Å². The van der Waals surface area contributed by atoms with Gasteiger partial charge < -0.3 is 20.5 Å². The van der Waals surface area contributed by atoms with Gasteiger partial charge in [0.25, 0.3) is 11.8 Å². The lowest BCUT2D eigenvalue weighted by Crippen LogP contribution is -2.57. The van der Waals surface area contributed by atoms with E-state index in [1.54, 1.807) is 18.2 Å². The molecule has 3 aromatic rings. The molecule has 1 aliphatic carbocycles. The van der Waals surface area contributed by atoms with Crippen LogP contribution in [0.1, 0.15) is 50.1 Å². The lowest BCUT2D eigenvalue weighted by atomic mass is 9.87. The monoisotopic (exact) mass is 564 g/mol. The number of H-pyrrole nitrogens is 1. The molecule has 1 fully saturated rings. The number of amides is 2. The highest BCUT2D eigenvalue weighted by Crippen LogP contribution is 2.26. The van der Waals surface area contributed by atoms with E-state index in [2.05, 4.69) is 30.2 Å². The van der Waals surface area contributed by atoms with Gasteiger partial charge >= 0.3 is 0 Å². The zero-order valence-electron chi connectivity index (χ0n) is 20.5. The number of thiazole rings is 1. The number of likely N-dealkylation sites (N-methyl/N-ethyl adjacent to an activating group) is 1. The van der Waals surface area contributed by atoms with E-state index in [0.29, 0.717) is 35.0 Å². The van der Waals surface area contributed by atoms with Gasteiger partial charge in [-0.05, 0) is 50.6 Å². The predicted molar refractivity (Wildman–Crippen MR) is 144 cm³/mol. The molecule has 2 aromatic heterocycles. The molecule has 2 amide bonds. The van der Waals surface area contributed by atoms with Crippen LogP contribution >= 0.6 is 22.9 Å². The Morgan fingerprint density at radius 3 is 2.73 bits per heavy atom. The highest BCUT2D eigenvalue weighted by molar-refractivity contribution is 7.88. The Bertz CT molecular complexity index is 1450. The Morgan fingerprint density at radius 1 is 1.16 bits per heavy atom. The highest BCUT2D eigenvalue weighted by atomic mass is 35.5. The summed E-state index contributed by atoms with van der Waals surface area (Å²) >= 11 is 7.45. The van der Waals surface area contributed by atoms with Gasteiger partial charge in [-0.25, -0.2) is 18.1 Å². The summed E-state index contributed by atoms with van der Waals surface area (Å²) in [5, 5.41) is 7.85. The summed E-state index contributed by atoms with van der Waals surface area (Å²) < 4.78 is 26.3. The fourth-order valence-electron chi connectivity index (χ4n) is 5.04. The molecule has 1 aromatic carbocycles. The summed E-state index contributed by atoms with van der Waals surface area (Å²) in [5.41, 5.74) is 2.13. The molecule has 0 spiro atoms. The largest absolute Gasteiger partial charge is 0.351 e. The molecule has 3 heterocycles. The first-order valence-corrected chi connectivity index (χ1v) is 15.2. The minimum Gasteiger partial charge on any atom is -0.351 e. The highest BCUT2D eigenvalue weighted by Gasteiger charge is 2.35. The summed E-state index contributed by atoms with van der Waals surface area (Å²) in [6.45, 7) is 1.66. The third-order valence-electron chi connectivity index (χ3n) is 6.81. The van der Waals surface area contributed by atoms with Crippen LogP contribution in [0.15, 0.2) is 24.3 Å². The van der Waals surface area contributed by atoms with E-state index in [-0.39, 0.29) is 23.9 Å². The smallest absolute Gasteiger partial charge is 0.280 e. The molecule has 1 saturated carbocycles.